The van der Waals surface area contributed by atoms with E-state index >= 15 is 0 Å². The highest BCUT2D eigenvalue weighted by Gasteiger charge is 2.34. The van der Waals surface area contributed by atoms with Crippen molar-refractivity contribution >= 4 is 17.4 Å². The first-order valence-electron chi connectivity index (χ1n) is 9.89. The summed E-state index contributed by atoms with van der Waals surface area (Å²) in [6, 6.07) is 11.0. The van der Waals surface area contributed by atoms with Gasteiger partial charge in [-0.25, -0.2) is 9.97 Å². The summed E-state index contributed by atoms with van der Waals surface area (Å²) in [6.07, 6.45) is 0.700. The number of benzene rings is 1. The van der Waals surface area contributed by atoms with Gasteiger partial charge in [0.1, 0.15) is 5.82 Å². The molecule has 1 fully saturated rings. The number of hydrogen-bond acceptors (Lipinski definition) is 5. The highest BCUT2D eigenvalue weighted by molar-refractivity contribution is 5.79. The van der Waals surface area contributed by atoms with E-state index < -0.39 is 11.9 Å². The standard InChI is InChI=1S/C22H20F3N5O/c23-22(24,25)18-14-19(29-21(28-18)16-7-9-26-10-8-16)27-17-5-3-15(4-6-17)13-20(31)30-11-1-2-12-30/h3-10,14H,1-2,11-13H2,(H,27,28,29). The van der Waals surface area contributed by atoms with Gasteiger partial charge in [0.25, 0.3) is 0 Å². The number of carbonyl (C=O) groups excluding carboxylic acids is 1. The zero-order chi connectivity index (χ0) is 21.8. The van der Waals surface area contributed by atoms with Crippen LogP contribution in [0.5, 0.6) is 0 Å². The fourth-order valence-corrected chi connectivity index (χ4v) is 3.39. The summed E-state index contributed by atoms with van der Waals surface area (Å²) >= 11 is 0. The lowest BCUT2D eigenvalue weighted by Gasteiger charge is -2.15. The molecule has 9 heteroatoms. The van der Waals surface area contributed by atoms with Crippen LogP contribution < -0.4 is 5.32 Å². The first-order valence-corrected chi connectivity index (χ1v) is 9.89. The Kier molecular flexibility index (Phi) is 5.83. The number of hydrogen-bond donors (Lipinski definition) is 1. The Bertz CT molecular complexity index is 1050. The molecule has 0 saturated carbocycles. The van der Waals surface area contributed by atoms with Crippen molar-refractivity contribution in [2.45, 2.75) is 25.4 Å². The van der Waals surface area contributed by atoms with Crippen LogP contribution in [-0.4, -0.2) is 38.8 Å². The minimum Gasteiger partial charge on any atom is -0.342 e. The van der Waals surface area contributed by atoms with Crippen LogP contribution in [0.4, 0.5) is 24.7 Å². The molecule has 2 aromatic heterocycles. The maximum Gasteiger partial charge on any atom is 0.433 e. The number of carbonyl (C=O) groups is 1. The summed E-state index contributed by atoms with van der Waals surface area (Å²) in [6.45, 7) is 1.60. The third-order valence-electron chi connectivity index (χ3n) is 5.00. The van der Waals surface area contributed by atoms with Gasteiger partial charge < -0.3 is 10.2 Å². The first-order chi connectivity index (χ1) is 14.9. The quantitative estimate of drug-likeness (QED) is 0.651. The van der Waals surface area contributed by atoms with Gasteiger partial charge in [0.15, 0.2) is 11.5 Å². The molecule has 1 saturated heterocycles. The smallest absolute Gasteiger partial charge is 0.342 e. The maximum atomic E-state index is 13.3. The molecule has 6 nitrogen and oxygen atoms in total. The Morgan fingerprint density at radius 1 is 1.00 bits per heavy atom. The molecule has 0 bridgehead atoms. The van der Waals surface area contributed by atoms with Gasteiger partial charge in [0, 0.05) is 42.8 Å². The molecule has 1 aliphatic heterocycles. The third kappa shape index (κ3) is 5.17. The minimum absolute atomic E-state index is 0.0232. The van der Waals surface area contributed by atoms with Crippen molar-refractivity contribution in [3.8, 4) is 11.4 Å². The second kappa shape index (κ2) is 8.71. The third-order valence-corrected chi connectivity index (χ3v) is 5.00. The zero-order valence-electron chi connectivity index (χ0n) is 16.6. The van der Waals surface area contributed by atoms with Crippen molar-refractivity contribution in [3.63, 3.8) is 0 Å². The predicted octanol–water partition coefficient (Wildman–Crippen LogP) is 4.47. The number of nitrogens with one attached hydrogen (secondary N) is 1. The van der Waals surface area contributed by atoms with Gasteiger partial charge in [0.2, 0.25) is 5.91 Å². The Morgan fingerprint density at radius 3 is 2.32 bits per heavy atom. The monoisotopic (exact) mass is 427 g/mol. The largest absolute Gasteiger partial charge is 0.433 e. The SMILES string of the molecule is O=C(Cc1ccc(Nc2cc(C(F)(F)F)nc(-c3ccncc3)n2)cc1)N1CCCC1. The lowest BCUT2D eigenvalue weighted by molar-refractivity contribution is -0.141. The van der Waals surface area contributed by atoms with Crippen molar-refractivity contribution in [1.82, 2.24) is 19.9 Å². The summed E-state index contributed by atoms with van der Waals surface area (Å²) in [5.74, 6) is 0.0633. The summed E-state index contributed by atoms with van der Waals surface area (Å²) < 4.78 is 40.0. The summed E-state index contributed by atoms with van der Waals surface area (Å²) in [5.41, 5.74) is 0.799. The van der Waals surface area contributed by atoms with E-state index in [4.69, 9.17) is 0 Å². The van der Waals surface area contributed by atoms with Gasteiger partial charge in [-0.3, -0.25) is 9.78 Å². The number of pyridine rings is 1. The molecule has 1 N–H and O–H groups in total. The average Bonchev–Trinajstić information content (AvgIpc) is 3.30. The Hall–Kier alpha value is -3.49. The Balaban J connectivity index is 1.53. The van der Waals surface area contributed by atoms with Crippen LogP contribution in [0.25, 0.3) is 11.4 Å². The van der Waals surface area contributed by atoms with E-state index in [0.717, 1.165) is 37.6 Å². The number of halogens is 3. The molecular formula is C22H20F3N5O. The fourth-order valence-electron chi connectivity index (χ4n) is 3.39. The minimum atomic E-state index is -4.61. The van der Waals surface area contributed by atoms with Crippen molar-refractivity contribution in [1.29, 1.82) is 0 Å². The topological polar surface area (TPSA) is 71.0 Å². The first kappa shape index (κ1) is 20.8. The molecular weight excluding hydrogens is 407 g/mol. The average molecular weight is 427 g/mol. The molecule has 31 heavy (non-hydrogen) atoms. The van der Waals surface area contributed by atoms with E-state index in [1.165, 1.54) is 12.4 Å². The van der Waals surface area contributed by atoms with Gasteiger partial charge in [-0.1, -0.05) is 12.1 Å². The number of rotatable bonds is 5. The van der Waals surface area contributed by atoms with Gasteiger partial charge in [-0.05, 0) is 42.7 Å². The van der Waals surface area contributed by atoms with E-state index in [0.29, 0.717) is 17.7 Å². The molecule has 3 heterocycles. The van der Waals surface area contributed by atoms with Crippen LogP contribution in [0.15, 0.2) is 54.9 Å². The fraction of sp³-hybridized carbons (Fsp3) is 0.273. The van der Waals surface area contributed by atoms with E-state index in [2.05, 4.69) is 20.3 Å². The molecule has 0 aliphatic carbocycles. The van der Waals surface area contributed by atoms with Gasteiger partial charge in [-0.2, -0.15) is 13.2 Å². The van der Waals surface area contributed by atoms with Crippen molar-refractivity contribution < 1.29 is 18.0 Å². The van der Waals surface area contributed by atoms with Crippen molar-refractivity contribution in [3.05, 3.63) is 66.1 Å². The van der Waals surface area contributed by atoms with Crippen LogP contribution in [-0.2, 0) is 17.4 Å². The van der Waals surface area contributed by atoms with Crippen molar-refractivity contribution in [2.24, 2.45) is 0 Å². The molecule has 1 amide bonds. The van der Waals surface area contributed by atoms with Crippen LogP contribution in [0, 0.1) is 0 Å². The normalized spacial score (nSPS) is 14.0. The molecule has 160 valence electrons. The van der Waals surface area contributed by atoms with Crippen LogP contribution in [0.3, 0.4) is 0 Å². The lowest BCUT2D eigenvalue weighted by Crippen LogP contribution is -2.29. The molecule has 3 aromatic rings. The maximum absolute atomic E-state index is 13.3. The number of likely N-dealkylation sites (tertiary alicyclic amines) is 1. The molecule has 1 aliphatic rings. The molecule has 0 radical (unpaired) electrons. The second-order valence-electron chi connectivity index (χ2n) is 7.28. The highest BCUT2D eigenvalue weighted by atomic mass is 19.4. The molecule has 0 unspecified atom stereocenters. The Morgan fingerprint density at radius 2 is 1.68 bits per heavy atom. The number of amides is 1. The van der Waals surface area contributed by atoms with Gasteiger partial charge >= 0.3 is 6.18 Å². The molecule has 0 spiro atoms. The molecule has 0 atom stereocenters. The summed E-state index contributed by atoms with van der Waals surface area (Å²) in [4.78, 5) is 25.9. The predicted molar refractivity (Wildman–Crippen MR) is 110 cm³/mol. The Labute approximate surface area is 177 Å². The van der Waals surface area contributed by atoms with Crippen molar-refractivity contribution in [2.75, 3.05) is 18.4 Å². The summed E-state index contributed by atoms with van der Waals surface area (Å²) in [5, 5.41) is 2.90. The highest BCUT2D eigenvalue weighted by Crippen LogP contribution is 2.31. The number of aromatic nitrogens is 3. The zero-order valence-corrected chi connectivity index (χ0v) is 16.6. The van der Waals surface area contributed by atoms with Gasteiger partial charge in [-0.15, -0.1) is 0 Å². The number of anilines is 2. The van der Waals surface area contributed by atoms with E-state index in [-0.39, 0.29) is 17.5 Å². The van der Waals surface area contributed by atoms with Gasteiger partial charge in [0.05, 0.1) is 6.42 Å². The summed E-state index contributed by atoms with van der Waals surface area (Å²) in [7, 11) is 0. The van der Waals surface area contributed by atoms with E-state index in [1.54, 1.807) is 36.4 Å². The van der Waals surface area contributed by atoms with Crippen LogP contribution >= 0.6 is 0 Å². The number of nitrogens with zero attached hydrogens (tertiary/aromatic N) is 4. The van der Waals surface area contributed by atoms with E-state index in [1.807, 2.05) is 4.90 Å². The van der Waals surface area contributed by atoms with E-state index in [9.17, 15) is 18.0 Å². The molecule has 4 rings (SSSR count). The molecule has 1 aromatic carbocycles. The van der Waals surface area contributed by atoms with Crippen LogP contribution in [0.1, 0.15) is 24.1 Å². The lowest BCUT2D eigenvalue weighted by atomic mass is 10.1. The second-order valence-corrected chi connectivity index (χ2v) is 7.28. The van der Waals surface area contributed by atoms with Crippen LogP contribution in [0.2, 0.25) is 0 Å². The number of alkyl halides is 3.